The van der Waals surface area contributed by atoms with Crippen LogP contribution in [-0.2, 0) is 9.53 Å². The fourth-order valence-corrected chi connectivity index (χ4v) is 0.683. The van der Waals surface area contributed by atoms with Crippen LogP contribution in [0.25, 0.3) is 0 Å². The molecule has 0 atom stereocenters. The number of carbonyl (C=O) groups is 1. The molecule has 2 N–H and O–H groups in total. The summed E-state index contributed by atoms with van der Waals surface area (Å²) in [6.45, 7) is -1.42. The van der Waals surface area contributed by atoms with E-state index in [0.717, 1.165) is 0 Å². The Morgan fingerprint density at radius 1 is 1.50 bits per heavy atom. The van der Waals surface area contributed by atoms with Crippen molar-refractivity contribution in [1.82, 2.24) is 4.90 Å². The summed E-state index contributed by atoms with van der Waals surface area (Å²) >= 11 is 0. The fraction of sp³-hybridized carbons (Fsp3) is 0.857. The number of hydrogen-bond acceptors (Lipinski definition) is 3. The van der Waals surface area contributed by atoms with Crippen LogP contribution in [0, 0.1) is 0 Å². The maximum absolute atomic E-state index is 11.6. The van der Waals surface area contributed by atoms with Crippen LogP contribution in [0.3, 0.4) is 0 Å². The third-order valence-electron chi connectivity index (χ3n) is 1.38. The third-order valence-corrected chi connectivity index (χ3v) is 1.38. The Balaban J connectivity index is 3.64. The van der Waals surface area contributed by atoms with Crippen molar-refractivity contribution in [2.24, 2.45) is 5.73 Å². The van der Waals surface area contributed by atoms with Gasteiger partial charge in [-0.15, -0.1) is 0 Å². The molecule has 0 aromatic rings. The molecule has 0 fully saturated rings. The molecule has 0 unspecified atom stereocenters. The number of halogens is 3. The zero-order valence-corrected chi connectivity index (χ0v) is 7.80. The number of alkyl halides is 3. The molecule has 4 nitrogen and oxygen atoms in total. The minimum absolute atomic E-state index is 0.265. The normalized spacial score (nSPS) is 11.5. The van der Waals surface area contributed by atoms with E-state index in [1.54, 1.807) is 0 Å². The zero-order chi connectivity index (χ0) is 11.2. The lowest BCUT2D eigenvalue weighted by Crippen LogP contribution is -2.35. The lowest BCUT2D eigenvalue weighted by Gasteiger charge is -2.16. The summed E-state index contributed by atoms with van der Waals surface area (Å²) in [6.07, 6.45) is -4.40. The van der Waals surface area contributed by atoms with Gasteiger partial charge in [0.15, 0.2) is 0 Å². The van der Waals surface area contributed by atoms with Crippen molar-refractivity contribution in [2.75, 3.05) is 33.4 Å². The molecule has 0 saturated heterocycles. The average molecular weight is 214 g/mol. The van der Waals surface area contributed by atoms with Gasteiger partial charge in [-0.1, -0.05) is 0 Å². The molecule has 0 aromatic heterocycles. The smallest absolute Gasteiger partial charge is 0.362 e. The van der Waals surface area contributed by atoms with Crippen molar-refractivity contribution < 1.29 is 22.7 Å². The second-order valence-electron chi connectivity index (χ2n) is 2.71. The predicted octanol–water partition coefficient (Wildman–Crippen LogP) is -0.0176. The maximum atomic E-state index is 11.6. The molecule has 0 spiro atoms. The van der Waals surface area contributed by atoms with Gasteiger partial charge >= 0.3 is 6.18 Å². The number of nitrogens with two attached hydrogens (primary N) is 1. The Kier molecular flexibility index (Phi) is 5.47. The molecule has 0 aliphatic rings. The van der Waals surface area contributed by atoms with Gasteiger partial charge in [-0.3, -0.25) is 4.79 Å². The lowest BCUT2D eigenvalue weighted by molar-refractivity contribution is -0.177. The molecular formula is C7H13F3N2O2. The number of carbonyl (C=O) groups excluding carboxylic acids is 1. The van der Waals surface area contributed by atoms with E-state index in [9.17, 15) is 18.0 Å². The van der Waals surface area contributed by atoms with Crippen molar-refractivity contribution >= 4 is 5.91 Å². The first-order chi connectivity index (χ1) is 6.37. The number of hydrogen-bond donors (Lipinski definition) is 1. The molecule has 0 rings (SSSR count). The molecule has 0 saturated carbocycles. The Morgan fingerprint density at radius 2 is 2.07 bits per heavy atom. The summed E-state index contributed by atoms with van der Waals surface area (Å²) in [5.41, 5.74) is 5.15. The average Bonchev–Trinajstić information content (AvgIpc) is 2.02. The van der Waals surface area contributed by atoms with Gasteiger partial charge in [0.1, 0.15) is 13.2 Å². The van der Waals surface area contributed by atoms with Crippen LogP contribution in [0.4, 0.5) is 13.2 Å². The van der Waals surface area contributed by atoms with Crippen molar-refractivity contribution in [1.29, 1.82) is 0 Å². The molecule has 0 aromatic carbocycles. The minimum atomic E-state index is -4.40. The molecule has 0 aliphatic carbocycles. The Morgan fingerprint density at radius 3 is 2.50 bits per heavy atom. The van der Waals surface area contributed by atoms with Crippen molar-refractivity contribution in [3.63, 3.8) is 0 Å². The van der Waals surface area contributed by atoms with E-state index in [4.69, 9.17) is 5.73 Å². The first-order valence-electron chi connectivity index (χ1n) is 3.95. The first kappa shape index (κ1) is 13.2. The zero-order valence-electron chi connectivity index (χ0n) is 7.80. The van der Waals surface area contributed by atoms with Gasteiger partial charge in [0, 0.05) is 20.1 Å². The molecular weight excluding hydrogens is 201 g/mol. The monoisotopic (exact) mass is 214 g/mol. The van der Waals surface area contributed by atoms with Gasteiger partial charge in [-0.25, -0.2) is 0 Å². The Bertz CT molecular complexity index is 184. The summed E-state index contributed by atoms with van der Waals surface area (Å²) in [6, 6.07) is 0. The highest BCUT2D eigenvalue weighted by Gasteiger charge is 2.27. The third kappa shape index (κ3) is 6.67. The van der Waals surface area contributed by atoms with Gasteiger partial charge in [0.05, 0.1) is 0 Å². The highest BCUT2D eigenvalue weighted by atomic mass is 19.4. The van der Waals surface area contributed by atoms with Crippen LogP contribution in [-0.4, -0.2) is 50.3 Å². The summed E-state index contributed by atoms with van der Waals surface area (Å²) in [5, 5.41) is 0. The van der Waals surface area contributed by atoms with Crippen molar-refractivity contribution in [3.05, 3.63) is 0 Å². The highest BCUT2D eigenvalue weighted by molar-refractivity contribution is 5.77. The second kappa shape index (κ2) is 5.82. The van der Waals surface area contributed by atoms with E-state index in [2.05, 4.69) is 4.74 Å². The van der Waals surface area contributed by atoms with Gasteiger partial charge in [0.25, 0.3) is 0 Å². The fourth-order valence-electron chi connectivity index (χ4n) is 0.683. The van der Waals surface area contributed by atoms with Crippen LogP contribution >= 0.6 is 0 Å². The first-order valence-corrected chi connectivity index (χ1v) is 3.95. The largest absolute Gasteiger partial charge is 0.411 e. The number of amides is 1. The van der Waals surface area contributed by atoms with Crippen molar-refractivity contribution in [3.8, 4) is 0 Å². The van der Waals surface area contributed by atoms with Crippen LogP contribution in [0.2, 0.25) is 0 Å². The molecule has 0 bridgehead atoms. The van der Waals surface area contributed by atoms with Gasteiger partial charge in [0.2, 0.25) is 5.91 Å². The van der Waals surface area contributed by atoms with Gasteiger partial charge < -0.3 is 15.4 Å². The predicted molar refractivity (Wildman–Crippen MR) is 43.6 cm³/mol. The lowest BCUT2D eigenvalue weighted by atomic mass is 10.5. The minimum Gasteiger partial charge on any atom is -0.362 e. The van der Waals surface area contributed by atoms with E-state index in [-0.39, 0.29) is 6.54 Å². The van der Waals surface area contributed by atoms with Crippen LogP contribution < -0.4 is 5.73 Å². The molecule has 14 heavy (non-hydrogen) atoms. The molecule has 0 heterocycles. The van der Waals surface area contributed by atoms with E-state index in [0.29, 0.717) is 6.54 Å². The summed E-state index contributed by atoms with van der Waals surface area (Å²) in [4.78, 5) is 12.2. The van der Waals surface area contributed by atoms with E-state index >= 15 is 0 Å². The molecule has 1 amide bonds. The quantitative estimate of drug-likeness (QED) is 0.699. The molecule has 0 radical (unpaired) electrons. The van der Waals surface area contributed by atoms with Crippen LogP contribution in [0.5, 0.6) is 0 Å². The Hall–Kier alpha value is -0.820. The van der Waals surface area contributed by atoms with E-state index in [1.165, 1.54) is 11.9 Å². The Labute approximate surface area is 79.8 Å². The highest BCUT2D eigenvalue weighted by Crippen LogP contribution is 2.14. The number of rotatable bonds is 5. The van der Waals surface area contributed by atoms with Crippen molar-refractivity contribution in [2.45, 2.75) is 6.18 Å². The summed E-state index contributed by atoms with van der Waals surface area (Å²) in [5.74, 6) is -0.514. The van der Waals surface area contributed by atoms with Crippen LogP contribution in [0.1, 0.15) is 0 Å². The number of nitrogens with zero attached hydrogens (tertiary/aromatic N) is 1. The topological polar surface area (TPSA) is 55.6 Å². The number of ether oxygens (including phenoxy) is 1. The summed E-state index contributed by atoms with van der Waals surface area (Å²) in [7, 11) is 1.45. The van der Waals surface area contributed by atoms with E-state index < -0.39 is 25.3 Å². The van der Waals surface area contributed by atoms with Crippen LogP contribution in [0.15, 0.2) is 0 Å². The summed E-state index contributed by atoms with van der Waals surface area (Å²) < 4.78 is 38.9. The second-order valence-corrected chi connectivity index (χ2v) is 2.71. The molecule has 7 heteroatoms. The molecule has 0 aliphatic heterocycles. The SMILES string of the molecule is CN(CCN)C(=O)COCC(F)(F)F. The van der Waals surface area contributed by atoms with E-state index in [1.807, 2.05) is 0 Å². The number of likely N-dealkylation sites (N-methyl/N-ethyl adjacent to an activating group) is 1. The standard InChI is InChI=1S/C7H13F3N2O2/c1-12(3-2-11)6(13)4-14-5-7(8,9)10/h2-5,11H2,1H3. The van der Waals surface area contributed by atoms with Gasteiger partial charge in [-0.05, 0) is 0 Å². The maximum Gasteiger partial charge on any atom is 0.411 e. The molecule has 84 valence electrons. The van der Waals surface area contributed by atoms with Gasteiger partial charge in [-0.2, -0.15) is 13.2 Å².